The second-order valence-corrected chi connectivity index (χ2v) is 3.46. The highest BCUT2D eigenvalue weighted by molar-refractivity contribution is 5.46. The molecular formula is C10H14N2. The predicted octanol–water partition coefficient (Wildman–Crippen LogP) is 1.60. The van der Waals surface area contributed by atoms with Gasteiger partial charge in [-0.05, 0) is 42.5 Å². The summed E-state index contributed by atoms with van der Waals surface area (Å²) in [6.07, 6.45) is 3.46. The Balaban J connectivity index is 2.47. The lowest BCUT2D eigenvalue weighted by Crippen LogP contribution is -2.17. The van der Waals surface area contributed by atoms with E-state index in [0.717, 1.165) is 18.5 Å². The van der Waals surface area contributed by atoms with Crippen LogP contribution < -0.4 is 11.5 Å². The smallest absolute Gasteiger partial charge is 0.0317 e. The van der Waals surface area contributed by atoms with Gasteiger partial charge in [-0.3, -0.25) is 0 Å². The maximum absolute atomic E-state index is 5.96. The van der Waals surface area contributed by atoms with Crippen LogP contribution in [0.3, 0.4) is 0 Å². The average Bonchev–Trinajstić information content (AvgIpc) is 2.07. The Morgan fingerprint density at radius 1 is 1.33 bits per heavy atom. The lowest BCUT2D eigenvalue weighted by atomic mass is 9.88. The highest BCUT2D eigenvalue weighted by Gasteiger charge is 2.15. The van der Waals surface area contributed by atoms with Gasteiger partial charge in [0.15, 0.2) is 0 Å². The Morgan fingerprint density at radius 2 is 2.17 bits per heavy atom. The second-order valence-electron chi connectivity index (χ2n) is 3.46. The van der Waals surface area contributed by atoms with Crippen molar-refractivity contribution in [2.24, 2.45) is 5.73 Å². The summed E-state index contributed by atoms with van der Waals surface area (Å²) < 4.78 is 0. The van der Waals surface area contributed by atoms with Crippen molar-refractivity contribution in [1.29, 1.82) is 0 Å². The Kier molecular flexibility index (Phi) is 1.77. The molecule has 4 N–H and O–H groups in total. The number of nitrogen functional groups attached to an aromatic ring is 1. The van der Waals surface area contributed by atoms with E-state index in [0.29, 0.717) is 0 Å². The largest absolute Gasteiger partial charge is 0.399 e. The van der Waals surface area contributed by atoms with E-state index in [-0.39, 0.29) is 6.04 Å². The van der Waals surface area contributed by atoms with E-state index < -0.39 is 0 Å². The molecular weight excluding hydrogens is 148 g/mol. The standard InChI is InChI=1S/C10H14N2/c11-8-5-4-7-2-1-3-10(12)9(7)6-8/h4-6,10H,1-3,11-12H2. The molecule has 0 amide bonds. The monoisotopic (exact) mass is 162 g/mol. The summed E-state index contributed by atoms with van der Waals surface area (Å²) in [6, 6.07) is 6.27. The lowest BCUT2D eigenvalue weighted by molar-refractivity contribution is 0.571. The van der Waals surface area contributed by atoms with Gasteiger partial charge in [-0.1, -0.05) is 6.07 Å². The van der Waals surface area contributed by atoms with Crippen molar-refractivity contribution >= 4 is 5.69 Å². The van der Waals surface area contributed by atoms with Crippen LogP contribution in [-0.2, 0) is 6.42 Å². The summed E-state index contributed by atoms with van der Waals surface area (Å²) in [6.45, 7) is 0. The zero-order valence-corrected chi connectivity index (χ0v) is 7.09. The molecule has 0 spiro atoms. The number of aryl methyl sites for hydroxylation is 1. The summed E-state index contributed by atoms with van der Waals surface area (Å²) in [5, 5.41) is 0. The Bertz CT molecular complexity index is 294. The average molecular weight is 162 g/mol. The van der Waals surface area contributed by atoms with Gasteiger partial charge in [0, 0.05) is 11.7 Å². The molecule has 0 heterocycles. The minimum atomic E-state index is 0.206. The van der Waals surface area contributed by atoms with Crippen molar-refractivity contribution in [2.75, 3.05) is 5.73 Å². The molecule has 0 fully saturated rings. The number of benzene rings is 1. The Hall–Kier alpha value is -1.02. The third-order valence-corrected chi connectivity index (χ3v) is 2.53. The van der Waals surface area contributed by atoms with Crippen LogP contribution >= 0.6 is 0 Å². The molecule has 1 aliphatic carbocycles. The molecule has 12 heavy (non-hydrogen) atoms. The van der Waals surface area contributed by atoms with Crippen LogP contribution in [0.2, 0.25) is 0 Å². The van der Waals surface area contributed by atoms with Gasteiger partial charge >= 0.3 is 0 Å². The third-order valence-electron chi connectivity index (χ3n) is 2.53. The third kappa shape index (κ3) is 1.18. The molecule has 0 aromatic heterocycles. The molecule has 0 saturated carbocycles. The number of hydrogen-bond donors (Lipinski definition) is 2. The van der Waals surface area contributed by atoms with Crippen LogP contribution in [0.4, 0.5) is 5.69 Å². The van der Waals surface area contributed by atoms with Crippen LogP contribution in [0.15, 0.2) is 18.2 Å². The first-order valence-corrected chi connectivity index (χ1v) is 4.41. The molecule has 0 bridgehead atoms. The summed E-state index contributed by atoms with van der Waals surface area (Å²) >= 11 is 0. The predicted molar refractivity (Wildman–Crippen MR) is 50.7 cm³/mol. The fraction of sp³-hybridized carbons (Fsp3) is 0.400. The van der Waals surface area contributed by atoms with Gasteiger partial charge in [-0.15, -0.1) is 0 Å². The van der Waals surface area contributed by atoms with Crippen molar-refractivity contribution < 1.29 is 0 Å². The fourth-order valence-corrected chi connectivity index (χ4v) is 1.85. The molecule has 1 aromatic carbocycles. The SMILES string of the molecule is Nc1ccc2c(c1)C(N)CCC2. The highest BCUT2D eigenvalue weighted by Crippen LogP contribution is 2.28. The zero-order chi connectivity index (χ0) is 8.55. The van der Waals surface area contributed by atoms with Crippen LogP contribution in [0, 0.1) is 0 Å². The van der Waals surface area contributed by atoms with Crippen LogP contribution in [0.1, 0.15) is 30.0 Å². The first-order chi connectivity index (χ1) is 5.77. The Morgan fingerprint density at radius 3 is 3.00 bits per heavy atom. The lowest BCUT2D eigenvalue weighted by Gasteiger charge is -2.22. The normalized spacial score (nSPS) is 21.9. The maximum Gasteiger partial charge on any atom is 0.0317 e. The van der Waals surface area contributed by atoms with Gasteiger partial charge < -0.3 is 11.5 Å². The van der Waals surface area contributed by atoms with Crippen LogP contribution in [-0.4, -0.2) is 0 Å². The summed E-state index contributed by atoms with van der Waals surface area (Å²) in [4.78, 5) is 0. The van der Waals surface area contributed by atoms with E-state index in [1.807, 2.05) is 12.1 Å². The zero-order valence-electron chi connectivity index (χ0n) is 7.09. The van der Waals surface area contributed by atoms with Crippen molar-refractivity contribution in [2.45, 2.75) is 25.3 Å². The number of nitrogens with two attached hydrogens (primary N) is 2. The van der Waals surface area contributed by atoms with Gasteiger partial charge in [0.1, 0.15) is 0 Å². The van der Waals surface area contributed by atoms with Crippen molar-refractivity contribution in [3.8, 4) is 0 Å². The van der Waals surface area contributed by atoms with E-state index in [9.17, 15) is 0 Å². The molecule has 1 aromatic rings. The molecule has 0 saturated heterocycles. The summed E-state index contributed by atoms with van der Waals surface area (Å²) in [7, 11) is 0. The van der Waals surface area contributed by atoms with Gasteiger partial charge in [0.2, 0.25) is 0 Å². The van der Waals surface area contributed by atoms with E-state index in [1.165, 1.54) is 17.5 Å². The highest BCUT2D eigenvalue weighted by atomic mass is 14.6. The summed E-state index contributed by atoms with van der Waals surface area (Å²) in [5.74, 6) is 0. The fourth-order valence-electron chi connectivity index (χ4n) is 1.85. The first-order valence-electron chi connectivity index (χ1n) is 4.41. The van der Waals surface area contributed by atoms with E-state index in [1.54, 1.807) is 0 Å². The van der Waals surface area contributed by atoms with Gasteiger partial charge in [-0.25, -0.2) is 0 Å². The first kappa shape index (κ1) is 7.62. The molecule has 64 valence electrons. The minimum Gasteiger partial charge on any atom is -0.399 e. The number of anilines is 1. The maximum atomic E-state index is 5.96. The van der Waals surface area contributed by atoms with Crippen LogP contribution in [0.25, 0.3) is 0 Å². The van der Waals surface area contributed by atoms with Crippen molar-refractivity contribution in [1.82, 2.24) is 0 Å². The number of fused-ring (bicyclic) bond motifs is 1. The van der Waals surface area contributed by atoms with E-state index in [4.69, 9.17) is 11.5 Å². The van der Waals surface area contributed by atoms with Crippen molar-refractivity contribution in [3.63, 3.8) is 0 Å². The van der Waals surface area contributed by atoms with E-state index >= 15 is 0 Å². The number of hydrogen-bond acceptors (Lipinski definition) is 2. The molecule has 1 unspecified atom stereocenters. The molecule has 2 heteroatoms. The number of rotatable bonds is 0. The second kappa shape index (κ2) is 2.79. The van der Waals surface area contributed by atoms with Gasteiger partial charge in [0.05, 0.1) is 0 Å². The Labute approximate surface area is 72.6 Å². The molecule has 2 rings (SSSR count). The van der Waals surface area contributed by atoms with Gasteiger partial charge in [0.25, 0.3) is 0 Å². The molecule has 0 radical (unpaired) electrons. The molecule has 1 atom stereocenters. The molecule has 1 aliphatic rings. The summed E-state index contributed by atoms with van der Waals surface area (Å²) in [5.41, 5.74) is 15.1. The topological polar surface area (TPSA) is 52.0 Å². The van der Waals surface area contributed by atoms with Crippen LogP contribution in [0.5, 0.6) is 0 Å². The van der Waals surface area contributed by atoms with E-state index in [2.05, 4.69) is 6.07 Å². The molecule has 2 nitrogen and oxygen atoms in total. The van der Waals surface area contributed by atoms with Gasteiger partial charge in [-0.2, -0.15) is 0 Å². The molecule has 0 aliphatic heterocycles. The minimum absolute atomic E-state index is 0.206. The quantitative estimate of drug-likeness (QED) is 0.569. The van der Waals surface area contributed by atoms with Crippen molar-refractivity contribution in [3.05, 3.63) is 29.3 Å².